The fourth-order valence-electron chi connectivity index (χ4n) is 3.33. The van der Waals surface area contributed by atoms with Gasteiger partial charge in [0.05, 0.1) is 21.8 Å². The van der Waals surface area contributed by atoms with Gasteiger partial charge in [0.25, 0.3) is 5.91 Å². The summed E-state index contributed by atoms with van der Waals surface area (Å²) in [4.78, 5) is 20.0. The predicted molar refractivity (Wildman–Crippen MR) is 127 cm³/mol. The monoisotopic (exact) mass is 440 g/mol. The number of amides is 1. The second-order valence-corrected chi connectivity index (χ2v) is 8.01. The second kappa shape index (κ2) is 8.69. The lowest BCUT2D eigenvalue weighted by atomic mass is 10.1. The fourth-order valence-corrected chi connectivity index (χ4v) is 4.31. The maximum absolute atomic E-state index is 14.1. The molecule has 0 atom stereocenters. The van der Waals surface area contributed by atoms with Gasteiger partial charge < -0.3 is 4.42 Å². The van der Waals surface area contributed by atoms with Crippen molar-refractivity contribution in [3.05, 3.63) is 114 Å². The molecule has 0 bridgehead atoms. The van der Waals surface area contributed by atoms with Gasteiger partial charge in [-0.1, -0.05) is 48.5 Å². The topological polar surface area (TPSA) is 45.8 Å². The summed E-state index contributed by atoms with van der Waals surface area (Å²) in [6.07, 6.45) is 1.67. The molecule has 3 aromatic carbocycles. The fraction of sp³-hybridized carbons (Fsp3) is 0. The number of carbonyl (C=O) groups is 1. The number of para-hydroxylation sites is 2. The first kappa shape index (κ1) is 20.0. The van der Waals surface area contributed by atoms with Crippen LogP contribution in [0.15, 0.2) is 111 Å². The first-order chi connectivity index (χ1) is 15.7. The Morgan fingerprint density at radius 1 is 0.844 bits per heavy atom. The molecule has 1 amide bonds. The zero-order chi connectivity index (χ0) is 21.9. The number of thioether (sulfide) groups is 1. The van der Waals surface area contributed by atoms with Gasteiger partial charge in [-0.2, -0.15) is 0 Å². The average Bonchev–Trinajstić information content (AvgIpc) is 3.40. The van der Waals surface area contributed by atoms with Crippen molar-refractivity contribution < 1.29 is 13.6 Å². The molecular formula is C26H17FN2O2S. The first-order valence-electron chi connectivity index (χ1n) is 9.96. The number of furan rings is 1. The van der Waals surface area contributed by atoms with Crippen molar-refractivity contribution in [3.63, 3.8) is 0 Å². The van der Waals surface area contributed by atoms with Gasteiger partial charge in [0, 0.05) is 6.08 Å². The zero-order valence-electron chi connectivity index (χ0n) is 16.8. The number of nitrogens with zero attached hydrogens (tertiary/aromatic N) is 2. The molecule has 1 aliphatic heterocycles. The van der Waals surface area contributed by atoms with E-state index < -0.39 is 0 Å². The van der Waals surface area contributed by atoms with Crippen LogP contribution in [0.5, 0.6) is 0 Å². The Morgan fingerprint density at radius 3 is 2.28 bits per heavy atom. The van der Waals surface area contributed by atoms with E-state index in [-0.39, 0.29) is 11.7 Å². The average molecular weight is 440 g/mol. The van der Waals surface area contributed by atoms with Crippen LogP contribution in [0.25, 0.3) is 17.4 Å². The van der Waals surface area contributed by atoms with Gasteiger partial charge in [-0.05, 0) is 60.3 Å². The van der Waals surface area contributed by atoms with Crippen molar-refractivity contribution in [2.45, 2.75) is 0 Å². The third kappa shape index (κ3) is 4.00. The molecule has 0 radical (unpaired) electrons. The minimum Gasteiger partial charge on any atom is -0.457 e. The van der Waals surface area contributed by atoms with Crippen molar-refractivity contribution in [1.82, 2.24) is 0 Å². The summed E-state index contributed by atoms with van der Waals surface area (Å²) in [5.74, 6) is 0.316. The summed E-state index contributed by atoms with van der Waals surface area (Å²) in [6, 6.07) is 28.7. The number of hydrogen-bond donors (Lipinski definition) is 0. The van der Waals surface area contributed by atoms with Crippen molar-refractivity contribution in [3.8, 4) is 11.3 Å². The normalized spacial score (nSPS) is 16.3. The molecule has 1 aromatic heterocycles. The lowest BCUT2D eigenvalue weighted by Gasteiger charge is -2.15. The smallest absolute Gasteiger partial charge is 0.271 e. The van der Waals surface area contributed by atoms with Crippen LogP contribution in [0.1, 0.15) is 5.76 Å². The Bertz CT molecular complexity index is 1330. The van der Waals surface area contributed by atoms with E-state index in [2.05, 4.69) is 4.99 Å². The van der Waals surface area contributed by atoms with Crippen LogP contribution in [-0.4, -0.2) is 11.1 Å². The van der Waals surface area contributed by atoms with Gasteiger partial charge in [0.2, 0.25) is 0 Å². The molecule has 0 unspecified atom stereocenters. The highest BCUT2D eigenvalue weighted by Crippen LogP contribution is 2.37. The van der Waals surface area contributed by atoms with Crippen LogP contribution in [-0.2, 0) is 4.79 Å². The van der Waals surface area contributed by atoms with Gasteiger partial charge >= 0.3 is 0 Å². The Hall–Kier alpha value is -3.90. The lowest BCUT2D eigenvalue weighted by molar-refractivity contribution is -0.113. The number of aliphatic imine (C=N–C) groups is 1. The van der Waals surface area contributed by atoms with Crippen LogP contribution in [0.3, 0.4) is 0 Å². The van der Waals surface area contributed by atoms with Crippen molar-refractivity contribution in [2.24, 2.45) is 4.99 Å². The number of rotatable bonds is 4. The highest BCUT2D eigenvalue weighted by atomic mass is 32.2. The van der Waals surface area contributed by atoms with Crippen LogP contribution in [0.2, 0.25) is 0 Å². The molecule has 1 aliphatic rings. The minimum atomic E-state index is -0.361. The number of benzene rings is 3. The van der Waals surface area contributed by atoms with E-state index in [1.54, 1.807) is 41.3 Å². The van der Waals surface area contributed by atoms with E-state index in [1.165, 1.54) is 17.8 Å². The summed E-state index contributed by atoms with van der Waals surface area (Å²) >= 11 is 1.27. The lowest BCUT2D eigenvalue weighted by Crippen LogP contribution is -2.28. The number of carbonyl (C=O) groups excluding carboxylic acids is 1. The zero-order valence-corrected chi connectivity index (χ0v) is 17.6. The molecule has 6 heteroatoms. The van der Waals surface area contributed by atoms with Crippen LogP contribution < -0.4 is 4.90 Å². The van der Waals surface area contributed by atoms with Crippen LogP contribution in [0, 0.1) is 5.82 Å². The third-order valence-corrected chi connectivity index (χ3v) is 5.81. The van der Waals surface area contributed by atoms with Gasteiger partial charge in [0.15, 0.2) is 5.17 Å². The molecule has 0 saturated carbocycles. The second-order valence-electron chi connectivity index (χ2n) is 7.00. The Morgan fingerprint density at radius 2 is 1.53 bits per heavy atom. The van der Waals surface area contributed by atoms with E-state index in [4.69, 9.17) is 4.42 Å². The maximum atomic E-state index is 14.1. The molecule has 156 valence electrons. The van der Waals surface area contributed by atoms with Crippen LogP contribution >= 0.6 is 11.8 Å². The summed E-state index contributed by atoms with van der Waals surface area (Å²) < 4.78 is 19.9. The Labute approximate surface area is 188 Å². The molecule has 4 nitrogen and oxygen atoms in total. The van der Waals surface area contributed by atoms with E-state index >= 15 is 0 Å². The van der Waals surface area contributed by atoms with E-state index in [0.717, 1.165) is 11.4 Å². The highest BCUT2D eigenvalue weighted by Gasteiger charge is 2.35. The SMILES string of the molecule is O=C1/C(=C\c2ccc(-c3ccccc3F)o2)SC(=Nc2ccccc2)N1c1ccccc1. The molecule has 0 spiro atoms. The van der Waals surface area contributed by atoms with Gasteiger partial charge in [-0.15, -0.1) is 0 Å². The van der Waals surface area contributed by atoms with E-state index in [9.17, 15) is 9.18 Å². The largest absolute Gasteiger partial charge is 0.457 e. The molecule has 2 heterocycles. The molecule has 1 saturated heterocycles. The molecule has 5 rings (SSSR count). The molecule has 0 aliphatic carbocycles. The Balaban J connectivity index is 1.51. The molecule has 4 aromatic rings. The third-order valence-electron chi connectivity index (χ3n) is 4.84. The molecule has 0 N–H and O–H groups in total. The van der Waals surface area contributed by atoms with E-state index in [0.29, 0.717) is 27.2 Å². The Kier molecular flexibility index (Phi) is 5.44. The summed E-state index contributed by atoms with van der Waals surface area (Å²) in [5.41, 5.74) is 1.86. The minimum absolute atomic E-state index is 0.195. The number of hydrogen-bond acceptors (Lipinski definition) is 4. The van der Waals surface area contributed by atoms with Crippen LogP contribution in [0.4, 0.5) is 15.8 Å². The number of anilines is 1. The standard InChI is InChI=1S/C26H17FN2O2S/c27-22-14-8-7-13-21(22)23-16-15-20(31-23)17-24-25(30)29(19-11-5-2-6-12-19)26(32-24)28-18-9-3-1-4-10-18/h1-17H/b24-17+,28-26?. The predicted octanol–water partition coefficient (Wildman–Crippen LogP) is 6.89. The van der Waals surface area contributed by atoms with Crippen molar-refractivity contribution in [1.29, 1.82) is 0 Å². The van der Waals surface area contributed by atoms with Crippen molar-refractivity contribution in [2.75, 3.05) is 4.90 Å². The van der Waals surface area contributed by atoms with Gasteiger partial charge in [-0.25, -0.2) is 9.38 Å². The highest BCUT2D eigenvalue weighted by molar-refractivity contribution is 8.19. The van der Waals surface area contributed by atoms with Crippen molar-refractivity contribution >= 4 is 40.3 Å². The molecule has 1 fully saturated rings. The number of amidine groups is 1. The summed E-state index contributed by atoms with van der Waals surface area (Å²) in [7, 11) is 0. The van der Waals surface area contributed by atoms with E-state index in [1.807, 2.05) is 60.7 Å². The molecular weight excluding hydrogens is 423 g/mol. The molecule has 32 heavy (non-hydrogen) atoms. The van der Waals surface area contributed by atoms with Gasteiger partial charge in [-0.3, -0.25) is 9.69 Å². The first-order valence-corrected chi connectivity index (χ1v) is 10.8. The quantitative estimate of drug-likeness (QED) is 0.325. The maximum Gasteiger partial charge on any atom is 0.271 e. The summed E-state index contributed by atoms with van der Waals surface area (Å²) in [5, 5.41) is 0.555. The number of halogens is 1. The summed E-state index contributed by atoms with van der Waals surface area (Å²) in [6.45, 7) is 0. The van der Waals surface area contributed by atoms with Gasteiger partial charge in [0.1, 0.15) is 17.3 Å².